The highest BCUT2D eigenvalue weighted by molar-refractivity contribution is 5.78. The Morgan fingerprint density at radius 1 is 1.40 bits per heavy atom. The average Bonchev–Trinajstić information content (AvgIpc) is 3.23. The number of nitro benzene ring substituents is 1. The predicted molar refractivity (Wildman–Crippen MR) is 85.9 cm³/mol. The van der Waals surface area contributed by atoms with E-state index in [4.69, 9.17) is 9.26 Å². The third-order valence-electron chi connectivity index (χ3n) is 4.21. The van der Waals surface area contributed by atoms with Gasteiger partial charge in [-0.05, 0) is 18.9 Å². The molecule has 1 amide bonds. The van der Waals surface area contributed by atoms with Crippen LogP contribution in [0, 0.1) is 17.0 Å². The van der Waals surface area contributed by atoms with Crippen molar-refractivity contribution in [2.45, 2.75) is 38.1 Å². The Hall–Kier alpha value is -2.97. The molecule has 9 nitrogen and oxygen atoms in total. The fourth-order valence-corrected chi connectivity index (χ4v) is 3.05. The molecule has 132 valence electrons. The van der Waals surface area contributed by atoms with Crippen molar-refractivity contribution < 1.29 is 19.0 Å². The first-order chi connectivity index (χ1) is 12.0. The van der Waals surface area contributed by atoms with Gasteiger partial charge in [0.2, 0.25) is 5.89 Å². The SMILES string of the molecule is Cc1nc(C2(NC(=O)COc3ccccc3[N+](=O)[O-])CCCC2)no1. The lowest BCUT2D eigenvalue weighted by molar-refractivity contribution is -0.385. The zero-order valence-electron chi connectivity index (χ0n) is 13.7. The number of carbonyl (C=O) groups is 1. The van der Waals surface area contributed by atoms with Gasteiger partial charge in [-0.25, -0.2) is 0 Å². The minimum absolute atomic E-state index is 0.0542. The molecule has 2 aromatic rings. The number of aromatic nitrogens is 2. The maximum Gasteiger partial charge on any atom is 0.310 e. The monoisotopic (exact) mass is 346 g/mol. The molecule has 25 heavy (non-hydrogen) atoms. The van der Waals surface area contributed by atoms with Gasteiger partial charge in [-0.2, -0.15) is 4.98 Å². The predicted octanol–water partition coefficient (Wildman–Crippen LogP) is 2.25. The molecule has 0 spiro atoms. The molecule has 1 aromatic heterocycles. The molecule has 0 saturated heterocycles. The molecule has 0 atom stereocenters. The standard InChI is InChI=1S/C16H18N4O5/c1-11-17-15(19-25-11)16(8-4-5-9-16)18-14(21)10-24-13-7-3-2-6-12(13)20(22)23/h2-3,6-7H,4-5,8-10H2,1H3,(H,18,21). The average molecular weight is 346 g/mol. The molecule has 1 N–H and O–H groups in total. The van der Waals surface area contributed by atoms with E-state index < -0.39 is 10.5 Å². The second-order valence-corrected chi connectivity index (χ2v) is 5.99. The Labute approximate surface area is 143 Å². The van der Waals surface area contributed by atoms with Crippen LogP contribution in [0.1, 0.15) is 37.4 Å². The van der Waals surface area contributed by atoms with E-state index in [9.17, 15) is 14.9 Å². The molecule has 1 heterocycles. The Morgan fingerprint density at radius 3 is 2.76 bits per heavy atom. The quantitative estimate of drug-likeness (QED) is 0.629. The number of nitrogens with one attached hydrogen (secondary N) is 1. The molecule has 0 radical (unpaired) electrons. The van der Waals surface area contributed by atoms with Crippen LogP contribution < -0.4 is 10.1 Å². The first-order valence-corrected chi connectivity index (χ1v) is 7.98. The van der Waals surface area contributed by atoms with E-state index in [1.807, 2.05) is 0 Å². The van der Waals surface area contributed by atoms with Gasteiger partial charge in [0.15, 0.2) is 18.2 Å². The van der Waals surface area contributed by atoms with Crippen molar-refractivity contribution in [3.05, 3.63) is 46.1 Å². The molecule has 9 heteroatoms. The van der Waals surface area contributed by atoms with Gasteiger partial charge < -0.3 is 14.6 Å². The Bertz CT molecular complexity index is 782. The molecule has 1 aliphatic carbocycles. The van der Waals surface area contributed by atoms with E-state index in [0.717, 1.165) is 12.8 Å². The van der Waals surface area contributed by atoms with Crippen molar-refractivity contribution in [2.24, 2.45) is 0 Å². The molecular formula is C16H18N4O5. The highest BCUT2D eigenvalue weighted by Gasteiger charge is 2.41. The number of carbonyl (C=O) groups excluding carboxylic acids is 1. The van der Waals surface area contributed by atoms with Gasteiger partial charge in [0.1, 0.15) is 5.54 Å². The summed E-state index contributed by atoms with van der Waals surface area (Å²) in [5, 5.41) is 17.9. The first-order valence-electron chi connectivity index (χ1n) is 7.98. The molecule has 1 saturated carbocycles. The fraction of sp³-hybridized carbons (Fsp3) is 0.438. The summed E-state index contributed by atoms with van der Waals surface area (Å²) in [7, 11) is 0. The number of nitro groups is 1. The second kappa shape index (κ2) is 6.88. The van der Waals surface area contributed by atoms with Crippen molar-refractivity contribution in [1.82, 2.24) is 15.5 Å². The Kier molecular flexibility index (Phi) is 4.64. The minimum Gasteiger partial charge on any atom is -0.477 e. The lowest BCUT2D eigenvalue weighted by atomic mass is 9.96. The Morgan fingerprint density at radius 2 is 2.12 bits per heavy atom. The molecule has 1 aromatic carbocycles. The lowest BCUT2D eigenvalue weighted by Crippen LogP contribution is -2.46. The number of hydrogen-bond donors (Lipinski definition) is 1. The molecular weight excluding hydrogens is 328 g/mol. The normalized spacial score (nSPS) is 15.7. The smallest absolute Gasteiger partial charge is 0.310 e. The van der Waals surface area contributed by atoms with Gasteiger partial charge in [0.25, 0.3) is 5.91 Å². The zero-order chi connectivity index (χ0) is 17.9. The van der Waals surface area contributed by atoms with Crippen LogP contribution in [0.2, 0.25) is 0 Å². The van der Waals surface area contributed by atoms with Crippen LogP contribution in [0.15, 0.2) is 28.8 Å². The zero-order valence-corrected chi connectivity index (χ0v) is 13.7. The molecule has 0 bridgehead atoms. The van der Waals surface area contributed by atoms with Crippen molar-refractivity contribution in [2.75, 3.05) is 6.61 Å². The van der Waals surface area contributed by atoms with Crippen molar-refractivity contribution in [1.29, 1.82) is 0 Å². The lowest BCUT2D eigenvalue weighted by Gasteiger charge is -2.26. The van der Waals surface area contributed by atoms with Crippen LogP contribution in [0.5, 0.6) is 5.75 Å². The molecule has 3 rings (SSSR count). The van der Waals surface area contributed by atoms with Gasteiger partial charge in [0.05, 0.1) is 4.92 Å². The number of benzene rings is 1. The van der Waals surface area contributed by atoms with E-state index in [-0.39, 0.29) is 24.0 Å². The van der Waals surface area contributed by atoms with E-state index in [1.54, 1.807) is 13.0 Å². The number of hydrogen-bond acceptors (Lipinski definition) is 7. The number of aryl methyl sites for hydroxylation is 1. The highest BCUT2D eigenvalue weighted by atomic mass is 16.6. The van der Waals surface area contributed by atoms with Gasteiger partial charge in [0, 0.05) is 13.0 Å². The summed E-state index contributed by atoms with van der Waals surface area (Å²) in [6, 6.07) is 5.94. The summed E-state index contributed by atoms with van der Waals surface area (Å²) in [5.74, 6) is 0.564. The van der Waals surface area contributed by atoms with Gasteiger partial charge >= 0.3 is 5.69 Å². The first kappa shape index (κ1) is 16.9. The summed E-state index contributed by atoms with van der Waals surface area (Å²) in [5.41, 5.74) is -0.847. The number of rotatable bonds is 6. The highest BCUT2D eigenvalue weighted by Crippen LogP contribution is 2.37. The van der Waals surface area contributed by atoms with Gasteiger partial charge in [-0.1, -0.05) is 30.1 Å². The largest absolute Gasteiger partial charge is 0.477 e. The maximum absolute atomic E-state index is 12.3. The maximum atomic E-state index is 12.3. The summed E-state index contributed by atoms with van der Waals surface area (Å²) < 4.78 is 10.4. The van der Waals surface area contributed by atoms with Crippen LogP contribution in [0.3, 0.4) is 0 Å². The molecule has 1 fully saturated rings. The summed E-state index contributed by atoms with van der Waals surface area (Å²) in [6.45, 7) is 1.36. The third kappa shape index (κ3) is 3.59. The molecule has 1 aliphatic rings. The van der Waals surface area contributed by atoms with Crippen LogP contribution in [0.25, 0.3) is 0 Å². The molecule has 0 unspecified atom stereocenters. The number of para-hydroxylation sites is 2. The number of nitrogens with zero attached hydrogens (tertiary/aromatic N) is 3. The summed E-state index contributed by atoms with van der Waals surface area (Å²) >= 11 is 0. The van der Waals surface area contributed by atoms with Crippen LogP contribution in [-0.2, 0) is 10.3 Å². The van der Waals surface area contributed by atoms with Crippen molar-refractivity contribution in [3.63, 3.8) is 0 Å². The van der Waals surface area contributed by atoms with E-state index in [0.29, 0.717) is 24.6 Å². The Balaban J connectivity index is 1.68. The number of amides is 1. The van der Waals surface area contributed by atoms with Crippen LogP contribution >= 0.6 is 0 Å². The van der Waals surface area contributed by atoms with Crippen molar-refractivity contribution >= 4 is 11.6 Å². The fourth-order valence-electron chi connectivity index (χ4n) is 3.05. The van der Waals surface area contributed by atoms with Crippen molar-refractivity contribution in [3.8, 4) is 5.75 Å². The minimum atomic E-state index is -0.666. The topological polar surface area (TPSA) is 120 Å². The van der Waals surface area contributed by atoms with Gasteiger partial charge in [-0.15, -0.1) is 0 Å². The van der Waals surface area contributed by atoms with E-state index in [2.05, 4.69) is 15.5 Å². The third-order valence-corrected chi connectivity index (χ3v) is 4.21. The van der Waals surface area contributed by atoms with E-state index in [1.165, 1.54) is 18.2 Å². The van der Waals surface area contributed by atoms with Gasteiger partial charge in [-0.3, -0.25) is 14.9 Å². The van der Waals surface area contributed by atoms with Crippen LogP contribution in [-0.4, -0.2) is 27.6 Å². The molecule has 0 aliphatic heterocycles. The second-order valence-electron chi connectivity index (χ2n) is 5.99. The van der Waals surface area contributed by atoms with E-state index >= 15 is 0 Å². The summed E-state index contributed by atoms with van der Waals surface area (Å²) in [4.78, 5) is 27.0. The summed E-state index contributed by atoms with van der Waals surface area (Å²) in [6.07, 6.45) is 3.31. The van der Waals surface area contributed by atoms with Crippen LogP contribution in [0.4, 0.5) is 5.69 Å². The number of ether oxygens (including phenoxy) is 1.